The molecule has 0 aromatic heterocycles. The van der Waals surface area contributed by atoms with Crippen molar-refractivity contribution in [1.82, 2.24) is 0 Å². The number of hydrogen-bond donors (Lipinski definition) is 0. The van der Waals surface area contributed by atoms with Gasteiger partial charge in [-0.3, -0.25) is 9.56 Å². The third-order valence-corrected chi connectivity index (χ3v) is 5.86. The summed E-state index contributed by atoms with van der Waals surface area (Å²) in [5.41, 5.74) is 2.14. The van der Waals surface area contributed by atoms with E-state index in [2.05, 4.69) is 20.9 Å². The van der Waals surface area contributed by atoms with Crippen LogP contribution in [-0.4, -0.2) is 18.7 Å². The SMILES string of the molecule is CCOP(=O)(OCC)C(=NCc1ccc(Br)cc1)c1ccccc1. The first-order valence-corrected chi connectivity index (χ1v) is 10.2. The summed E-state index contributed by atoms with van der Waals surface area (Å²) >= 11 is 3.41. The van der Waals surface area contributed by atoms with Gasteiger partial charge in [-0.1, -0.05) is 58.4 Å². The Kier molecular flexibility index (Phi) is 7.38. The van der Waals surface area contributed by atoms with E-state index in [9.17, 15) is 4.57 Å². The smallest absolute Gasteiger partial charge is 0.304 e. The molecule has 0 radical (unpaired) electrons. The van der Waals surface area contributed by atoms with Crippen molar-refractivity contribution in [2.24, 2.45) is 4.99 Å². The maximum absolute atomic E-state index is 13.2. The lowest BCUT2D eigenvalue weighted by Gasteiger charge is -2.19. The Bertz CT molecular complexity index is 707. The monoisotopic (exact) mass is 409 g/mol. The highest BCUT2D eigenvalue weighted by molar-refractivity contribution is 9.10. The average Bonchev–Trinajstić information content (AvgIpc) is 2.58. The normalized spacial score (nSPS) is 12.4. The standard InChI is InChI=1S/C18H21BrNO3P/c1-3-22-24(21,23-4-2)18(16-8-6-5-7-9-16)20-14-15-10-12-17(19)13-11-15/h5-13H,3-4,14H2,1-2H3. The molecule has 0 fully saturated rings. The lowest BCUT2D eigenvalue weighted by atomic mass is 10.2. The molecule has 4 nitrogen and oxygen atoms in total. The molecule has 0 spiro atoms. The molecule has 0 aliphatic carbocycles. The Morgan fingerprint density at radius 3 is 2.12 bits per heavy atom. The van der Waals surface area contributed by atoms with Crippen molar-refractivity contribution in [1.29, 1.82) is 0 Å². The van der Waals surface area contributed by atoms with Gasteiger partial charge in [0.15, 0.2) is 5.45 Å². The van der Waals surface area contributed by atoms with E-state index in [1.165, 1.54) is 0 Å². The first-order valence-electron chi connectivity index (χ1n) is 7.83. The number of aliphatic imine (C=N–C) groups is 1. The van der Waals surface area contributed by atoms with Gasteiger partial charge < -0.3 is 9.05 Å². The van der Waals surface area contributed by atoms with Crippen LogP contribution < -0.4 is 0 Å². The van der Waals surface area contributed by atoms with E-state index in [1.54, 1.807) is 13.8 Å². The van der Waals surface area contributed by atoms with Crippen LogP contribution in [0.25, 0.3) is 0 Å². The van der Waals surface area contributed by atoms with Gasteiger partial charge in [0.25, 0.3) is 0 Å². The highest BCUT2D eigenvalue weighted by Gasteiger charge is 2.32. The average molecular weight is 410 g/mol. The van der Waals surface area contributed by atoms with Gasteiger partial charge in [0.05, 0.1) is 19.8 Å². The molecule has 0 aliphatic heterocycles. The molecule has 0 aliphatic rings. The zero-order valence-electron chi connectivity index (χ0n) is 13.8. The molecule has 0 N–H and O–H groups in total. The predicted molar refractivity (Wildman–Crippen MR) is 102 cm³/mol. The van der Waals surface area contributed by atoms with Gasteiger partial charge in [-0.25, -0.2) is 0 Å². The first kappa shape index (κ1) is 19.1. The Morgan fingerprint density at radius 1 is 1.00 bits per heavy atom. The Labute approximate surface area is 151 Å². The van der Waals surface area contributed by atoms with E-state index in [4.69, 9.17) is 9.05 Å². The maximum Gasteiger partial charge on any atom is 0.379 e. The van der Waals surface area contributed by atoms with E-state index in [1.807, 2.05) is 54.6 Å². The molecule has 0 atom stereocenters. The summed E-state index contributed by atoms with van der Waals surface area (Å²) in [6.45, 7) is 4.58. The van der Waals surface area contributed by atoms with Crippen LogP contribution in [0.15, 0.2) is 64.1 Å². The summed E-state index contributed by atoms with van der Waals surface area (Å²) in [6, 6.07) is 17.3. The third kappa shape index (κ3) is 5.12. The zero-order valence-corrected chi connectivity index (χ0v) is 16.3. The second-order valence-electron chi connectivity index (χ2n) is 4.97. The van der Waals surface area contributed by atoms with Crippen LogP contribution in [0, 0.1) is 0 Å². The van der Waals surface area contributed by atoms with Crippen LogP contribution in [0.1, 0.15) is 25.0 Å². The van der Waals surface area contributed by atoms with Gasteiger partial charge in [0, 0.05) is 10.0 Å². The van der Waals surface area contributed by atoms with Gasteiger partial charge in [-0.15, -0.1) is 0 Å². The van der Waals surface area contributed by atoms with E-state index < -0.39 is 7.60 Å². The van der Waals surface area contributed by atoms with E-state index in [0.717, 1.165) is 15.6 Å². The van der Waals surface area contributed by atoms with Crippen molar-refractivity contribution in [3.05, 3.63) is 70.2 Å². The first-order chi connectivity index (χ1) is 11.6. The zero-order chi connectivity index (χ0) is 17.4. The summed E-state index contributed by atoms with van der Waals surface area (Å²) < 4.78 is 25.2. The molecule has 0 bridgehead atoms. The van der Waals surface area contributed by atoms with Crippen molar-refractivity contribution in [2.75, 3.05) is 13.2 Å². The van der Waals surface area contributed by atoms with Crippen LogP contribution in [-0.2, 0) is 20.2 Å². The fraction of sp³-hybridized carbons (Fsp3) is 0.278. The molecule has 24 heavy (non-hydrogen) atoms. The summed E-state index contributed by atoms with van der Waals surface area (Å²) in [5.74, 6) is 0. The van der Waals surface area contributed by atoms with Crippen LogP contribution in [0.3, 0.4) is 0 Å². The number of halogens is 1. The molecule has 2 aromatic rings. The topological polar surface area (TPSA) is 47.9 Å². The largest absolute Gasteiger partial charge is 0.379 e. The number of nitrogens with zero attached hydrogens (tertiary/aromatic N) is 1. The predicted octanol–water partition coefficient (Wildman–Crippen LogP) is 5.66. The van der Waals surface area contributed by atoms with Gasteiger partial charge in [0.1, 0.15) is 0 Å². The number of benzene rings is 2. The molecule has 2 rings (SSSR count). The summed E-state index contributed by atoms with van der Waals surface area (Å²) in [5, 5.41) is 0. The van der Waals surface area contributed by atoms with Crippen molar-refractivity contribution >= 4 is 29.0 Å². The summed E-state index contributed by atoms with van der Waals surface area (Å²) in [7, 11) is -3.46. The van der Waals surface area contributed by atoms with E-state index >= 15 is 0 Å². The minimum absolute atomic E-state index is 0.293. The maximum atomic E-state index is 13.2. The third-order valence-electron chi connectivity index (χ3n) is 3.21. The number of hydrogen-bond acceptors (Lipinski definition) is 4. The molecule has 6 heteroatoms. The van der Waals surface area contributed by atoms with E-state index in [-0.39, 0.29) is 0 Å². The van der Waals surface area contributed by atoms with Crippen molar-refractivity contribution < 1.29 is 13.6 Å². The van der Waals surface area contributed by atoms with Crippen molar-refractivity contribution in [3.8, 4) is 0 Å². The fourth-order valence-corrected chi connectivity index (χ4v) is 4.15. The molecular formula is C18H21BrNO3P. The Balaban J connectivity index is 2.40. The highest BCUT2D eigenvalue weighted by atomic mass is 79.9. The second-order valence-corrected chi connectivity index (χ2v) is 7.82. The van der Waals surface area contributed by atoms with Crippen molar-refractivity contribution in [2.45, 2.75) is 20.4 Å². The van der Waals surface area contributed by atoms with Crippen LogP contribution in [0.2, 0.25) is 0 Å². The van der Waals surface area contributed by atoms with Gasteiger partial charge in [-0.05, 0) is 31.5 Å². The highest BCUT2D eigenvalue weighted by Crippen LogP contribution is 2.51. The quantitative estimate of drug-likeness (QED) is 0.417. The Morgan fingerprint density at radius 2 is 1.58 bits per heavy atom. The lowest BCUT2D eigenvalue weighted by molar-refractivity contribution is 0.232. The molecule has 0 saturated heterocycles. The Hall–Kier alpha value is -1.26. The lowest BCUT2D eigenvalue weighted by Crippen LogP contribution is -2.09. The van der Waals surface area contributed by atoms with Crippen LogP contribution in [0.5, 0.6) is 0 Å². The van der Waals surface area contributed by atoms with Gasteiger partial charge in [0.2, 0.25) is 0 Å². The van der Waals surface area contributed by atoms with Crippen molar-refractivity contribution in [3.63, 3.8) is 0 Å². The molecule has 0 amide bonds. The number of rotatable bonds is 8. The second kappa shape index (κ2) is 9.28. The molecule has 0 heterocycles. The van der Waals surface area contributed by atoms with Gasteiger partial charge >= 0.3 is 7.60 Å². The minimum Gasteiger partial charge on any atom is -0.304 e. The fourth-order valence-electron chi connectivity index (χ4n) is 2.18. The molecular weight excluding hydrogens is 389 g/mol. The summed E-state index contributed by atoms with van der Waals surface area (Å²) in [4.78, 5) is 4.59. The molecule has 0 saturated carbocycles. The summed E-state index contributed by atoms with van der Waals surface area (Å²) in [6.07, 6.45) is 0. The van der Waals surface area contributed by atoms with E-state index in [0.29, 0.717) is 25.2 Å². The molecule has 2 aromatic carbocycles. The molecule has 0 unspecified atom stereocenters. The van der Waals surface area contributed by atoms with Crippen LogP contribution in [0.4, 0.5) is 0 Å². The van der Waals surface area contributed by atoms with Gasteiger partial charge in [-0.2, -0.15) is 0 Å². The minimum atomic E-state index is -3.46. The van der Waals surface area contributed by atoms with Crippen LogP contribution >= 0.6 is 23.5 Å². The molecule has 128 valence electrons.